The van der Waals surface area contributed by atoms with E-state index in [1.54, 1.807) is 0 Å². The van der Waals surface area contributed by atoms with Gasteiger partial charge in [-0.3, -0.25) is 0 Å². The highest BCUT2D eigenvalue weighted by Gasteiger charge is 2.30. The summed E-state index contributed by atoms with van der Waals surface area (Å²) in [4.78, 5) is 0. The molecule has 2 rings (SSSR count). The number of benzene rings is 2. The van der Waals surface area contributed by atoms with Crippen molar-refractivity contribution in [2.75, 3.05) is 0 Å². The van der Waals surface area contributed by atoms with Crippen LogP contribution in [0.15, 0.2) is 42.5 Å². The van der Waals surface area contributed by atoms with Crippen molar-refractivity contribution in [1.82, 2.24) is 0 Å². The monoisotopic (exact) mass is 274 g/mol. The van der Waals surface area contributed by atoms with Gasteiger partial charge in [-0.25, -0.2) is 8.78 Å². The molecule has 19 heavy (non-hydrogen) atoms. The number of hydrogen-bond donors (Lipinski definition) is 0. The van der Waals surface area contributed by atoms with Crippen molar-refractivity contribution in [2.45, 2.75) is 6.36 Å². The second-order valence-corrected chi connectivity index (χ2v) is 3.73. The second kappa shape index (κ2) is 4.87. The first-order chi connectivity index (χ1) is 8.83. The average molecular weight is 274 g/mol. The number of rotatable bonds is 2. The number of hydrogen-bond acceptors (Lipinski definition) is 1. The summed E-state index contributed by atoms with van der Waals surface area (Å²) in [7, 11) is 0. The smallest absolute Gasteiger partial charge is 0.406 e. The van der Waals surface area contributed by atoms with Crippen molar-refractivity contribution in [3.8, 4) is 16.9 Å². The molecule has 0 aliphatic carbocycles. The fourth-order valence-corrected chi connectivity index (χ4v) is 1.57. The van der Waals surface area contributed by atoms with Gasteiger partial charge in [0.1, 0.15) is 17.4 Å². The molecule has 1 nitrogen and oxygen atoms in total. The minimum atomic E-state index is -4.77. The molecule has 0 aromatic heterocycles. The Labute approximate surface area is 105 Å². The Bertz CT molecular complexity index is 554. The van der Waals surface area contributed by atoms with Gasteiger partial charge in [0.15, 0.2) is 0 Å². The first-order valence-electron chi connectivity index (χ1n) is 5.16. The third-order valence-electron chi connectivity index (χ3n) is 2.28. The normalized spacial score (nSPS) is 11.4. The van der Waals surface area contributed by atoms with Crippen molar-refractivity contribution in [3.63, 3.8) is 0 Å². The van der Waals surface area contributed by atoms with Crippen LogP contribution in [-0.2, 0) is 0 Å². The summed E-state index contributed by atoms with van der Waals surface area (Å²) in [6, 6.07) is 7.61. The molecule has 0 unspecified atom stereocenters. The lowest BCUT2D eigenvalue weighted by Crippen LogP contribution is -2.16. The summed E-state index contributed by atoms with van der Waals surface area (Å²) in [5.74, 6) is -1.91. The maximum absolute atomic E-state index is 13.0. The second-order valence-electron chi connectivity index (χ2n) is 3.73. The molecule has 0 heterocycles. The summed E-state index contributed by atoms with van der Waals surface area (Å²) >= 11 is 0. The Morgan fingerprint density at radius 2 is 1.26 bits per heavy atom. The number of halogens is 5. The molecule has 0 radical (unpaired) electrons. The lowest BCUT2D eigenvalue weighted by atomic mass is 10.1. The zero-order valence-corrected chi connectivity index (χ0v) is 9.34. The topological polar surface area (TPSA) is 9.23 Å². The third-order valence-corrected chi connectivity index (χ3v) is 2.28. The molecule has 0 atom stereocenters. The van der Waals surface area contributed by atoms with Gasteiger partial charge in [0, 0.05) is 6.07 Å². The Kier molecular flexibility index (Phi) is 3.42. The van der Waals surface area contributed by atoms with E-state index in [1.807, 2.05) is 0 Å². The Morgan fingerprint density at radius 3 is 1.74 bits per heavy atom. The molecule has 0 saturated carbocycles. The Balaban J connectivity index is 2.27. The van der Waals surface area contributed by atoms with E-state index in [2.05, 4.69) is 4.74 Å². The van der Waals surface area contributed by atoms with Gasteiger partial charge in [-0.05, 0) is 35.4 Å². The quantitative estimate of drug-likeness (QED) is 0.731. The van der Waals surface area contributed by atoms with Crippen LogP contribution >= 0.6 is 0 Å². The SMILES string of the molecule is Fc1cc(F)cc(-c2ccc(OC(F)(F)F)cc2)c1. The first-order valence-corrected chi connectivity index (χ1v) is 5.16. The zero-order valence-electron chi connectivity index (χ0n) is 9.34. The van der Waals surface area contributed by atoms with Gasteiger partial charge in [0.25, 0.3) is 0 Å². The summed E-state index contributed by atoms with van der Waals surface area (Å²) < 4.78 is 65.5. The van der Waals surface area contributed by atoms with Crippen LogP contribution in [-0.4, -0.2) is 6.36 Å². The third kappa shape index (κ3) is 3.67. The maximum atomic E-state index is 13.0. The van der Waals surface area contributed by atoms with Crippen LogP contribution < -0.4 is 4.74 Å². The molecule has 0 bridgehead atoms. The fraction of sp³-hybridized carbons (Fsp3) is 0.0769. The first kappa shape index (κ1) is 13.3. The van der Waals surface area contributed by atoms with Crippen LogP contribution in [0.2, 0.25) is 0 Å². The summed E-state index contributed by atoms with van der Waals surface area (Å²) in [5, 5.41) is 0. The van der Waals surface area contributed by atoms with Crippen LogP contribution in [0.3, 0.4) is 0 Å². The van der Waals surface area contributed by atoms with E-state index in [-0.39, 0.29) is 5.56 Å². The molecule has 2 aromatic rings. The molecule has 0 fully saturated rings. The largest absolute Gasteiger partial charge is 0.573 e. The lowest BCUT2D eigenvalue weighted by Gasteiger charge is -2.09. The molecule has 100 valence electrons. The maximum Gasteiger partial charge on any atom is 0.573 e. The van der Waals surface area contributed by atoms with E-state index in [1.165, 1.54) is 12.1 Å². The van der Waals surface area contributed by atoms with Crippen LogP contribution in [0.5, 0.6) is 5.75 Å². The van der Waals surface area contributed by atoms with E-state index >= 15 is 0 Å². The number of ether oxygens (including phenoxy) is 1. The van der Waals surface area contributed by atoms with Crippen molar-refractivity contribution >= 4 is 0 Å². The summed E-state index contributed by atoms with van der Waals surface area (Å²) in [6.07, 6.45) is -4.77. The molecule has 0 aliphatic heterocycles. The van der Waals surface area contributed by atoms with Crippen molar-refractivity contribution in [3.05, 3.63) is 54.1 Å². The molecule has 0 N–H and O–H groups in total. The van der Waals surface area contributed by atoms with Crippen molar-refractivity contribution in [2.24, 2.45) is 0 Å². The van der Waals surface area contributed by atoms with Gasteiger partial charge >= 0.3 is 6.36 Å². The van der Waals surface area contributed by atoms with Gasteiger partial charge < -0.3 is 4.74 Å². The van der Waals surface area contributed by atoms with Gasteiger partial charge in [-0.15, -0.1) is 13.2 Å². The van der Waals surface area contributed by atoms with E-state index in [0.717, 1.165) is 24.3 Å². The Morgan fingerprint density at radius 1 is 0.737 bits per heavy atom. The highest BCUT2D eigenvalue weighted by atomic mass is 19.4. The molecule has 6 heteroatoms. The molecule has 0 saturated heterocycles. The predicted octanol–water partition coefficient (Wildman–Crippen LogP) is 4.53. The minimum Gasteiger partial charge on any atom is -0.406 e. The fourth-order valence-electron chi connectivity index (χ4n) is 1.57. The van der Waals surface area contributed by atoms with Crippen molar-refractivity contribution in [1.29, 1.82) is 0 Å². The Hall–Kier alpha value is -2.11. The molecule has 2 aromatic carbocycles. The van der Waals surface area contributed by atoms with E-state index in [0.29, 0.717) is 11.6 Å². The molecular weight excluding hydrogens is 267 g/mol. The van der Waals surface area contributed by atoms with E-state index in [9.17, 15) is 22.0 Å². The van der Waals surface area contributed by atoms with E-state index in [4.69, 9.17) is 0 Å². The summed E-state index contributed by atoms with van der Waals surface area (Å²) in [5.41, 5.74) is 0.615. The predicted molar refractivity (Wildman–Crippen MR) is 58.5 cm³/mol. The highest BCUT2D eigenvalue weighted by Crippen LogP contribution is 2.27. The molecular formula is C13H7F5O. The van der Waals surface area contributed by atoms with Gasteiger partial charge in [0.2, 0.25) is 0 Å². The van der Waals surface area contributed by atoms with Crippen molar-refractivity contribution < 1.29 is 26.7 Å². The van der Waals surface area contributed by atoms with Crippen LogP contribution in [0.1, 0.15) is 0 Å². The average Bonchev–Trinajstić information content (AvgIpc) is 2.26. The highest BCUT2D eigenvalue weighted by molar-refractivity contribution is 5.64. The van der Waals surface area contributed by atoms with Gasteiger partial charge in [-0.1, -0.05) is 12.1 Å². The van der Waals surface area contributed by atoms with Gasteiger partial charge in [0.05, 0.1) is 0 Å². The van der Waals surface area contributed by atoms with Gasteiger partial charge in [-0.2, -0.15) is 0 Å². The molecule has 0 aliphatic rings. The standard InChI is InChI=1S/C13H7F5O/c14-10-5-9(6-11(15)7-10)8-1-3-12(4-2-8)19-13(16,17)18/h1-7H. The zero-order chi connectivity index (χ0) is 14.0. The molecule has 0 spiro atoms. The van der Waals surface area contributed by atoms with Crippen LogP contribution in [0, 0.1) is 11.6 Å². The van der Waals surface area contributed by atoms with Crippen LogP contribution in [0.25, 0.3) is 11.1 Å². The lowest BCUT2D eigenvalue weighted by molar-refractivity contribution is -0.274. The number of alkyl halides is 3. The minimum absolute atomic E-state index is 0.232. The molecule has 0 amide bonds. The summed E-state index contributed by atoms with van der Waals surface area (Å²) in [6.45, 7) is 0. The van der Waals surface area contributed by atoms with Crippen LogP contribution in [0.4, 0.5) is 22.0 Å². The van der Waals surface area contributed by atoms with E-state index < -0.39 is 23.7 Å².